The first-order valence-corrected chi connectivity index (χ1v) is 6.32. The van der Waals surface area contributed by atoms with Crippen LogP contribution in [0, 0.1) is 17.3 Å². The van der Waals surface area contributed by atoms with Gasteiger partial charge in [0.15, 0.2) is 0 Å². The molecule has 15 heavy (non-hydrogen) atoms. The smallest absolute Gasteiger partial charge is 0.139 e. The Bertz CT molecular complexity index is 302. The van der Waals surface area contributed by atoms with Crippen molar-refractivity contribution in [3.63, 3.8) is 0 Å². The van der Waals surface area contributed by atoms with Gasteiger partial charge in [0.1, 0.15) is 5.78 Å². The highest BCUT2D eigenvalue weighted by atomic mass is 16.1. The summed E-state index contributed by atoms with van der Waals surface area (Å²) in [4.78, 5) is 12.2. The van der Waals surface area contributed by atoms with Gasteiger partial charge in [-0.1, -0.05) is 31.9 Å². The molecule has 0 aromatic rings. The Hall–Kier alpha value is -0.590. The summed E-state index contributed by atoms with van der Waals surface area (Å²) in [5.74, 6) is 1.62. The summed E-state index contributed by atoms with van der Waals surface area (Å²) in [7, 11) is 0. The molecule has 84 valence electrons. The summed E-state index contributed by atoms with van der Waals surface area (Å²) < 4.78 is 0. The van der Waals surface area contributed by atoms with Gasteiger partial charge in [-0.3, -0.25) is 4.79 Å². The normalized spacial score (nSPS) is 41.0. The average molecular weight is 206 g/mol. The fourth-order valence-electron chi connectivity index (χ4n) is 3.92. The van der Waals surface area contributed by atoms with Crippen molar-refractivity contribution >= 4 is 5.78 Å². The predicted octanol–water partition coefficient (Wildman–Crippen LogP) is 3.74. The SMILES string of the molecule is CC[C@H]1CC(C)=C[C@H](C)[C@@]12CCCC2=O. The van der Waals surface area contributed by atoms with Crippen LogP contribution in [-0.2, 0) is 4.79 Å². The van der Waals surface area contributed by atoms with Crippen LogP contribution in [0.25, 0.3) is 0 Å². The molecule has 0 N–H and O–H groups in total. The largest absolute Gasteiger partial charge is 0.299 e. The molecule has 1 fully saturated rings. The first-order valence-electron chi connectivity index (χ1n) is 6.32. The first-order chi connectivity index (χ1) is 7.11. The molecule has 0 aliphatic heterocycles. The molecule has 1 heteroatoms. The van der Waals surface area contributed by atoms with Crippen LogP contribution in [0.1, 0.15) is 52.9 Å². The van der Waals surface area contributed by atoms with E-state index >= 15 is 0 Å². The molecule has 2 rings (SSSR count). The van der Waals surface area contributed by atoms with E-state index in [1.54, 1.807) is 0 Å². The molecule has 0 heterocycles. The van der Waals surface area contributed by atoms with Crippen molar-refractivity contribution in [2.75, 3.05) is 0 Å². The zero-order chi connectivity index (χ0) is 11.1. The third-order valence-corrected chi connectivity index (χ3v) is 4.65. The lowest BCUT2D eigenvalue weighted by atomic mass is 9.59. The third kappa shape index (κ3) is 1.47. The van der Waals surface area contributed by atoms with Crippen LogP contribution < -0.4 is 0 Å². The van der Waals surface area contributed by atoms with E-state index in [-0.39, 0.29) is 5.41 Å². The van der Waals surface area contributed by atoms with Gasteiger partial charge in [-0.15, -0.1) is 0 Å². The lowest BCUT2D eigenvalue weighted by molar-refractivity contribution is -0.131. The van der Waals surface area contributed by atoms with Crippen molar-refractivity contribution in [1.82, 2.24) is 0 Å². The van der Waals surface area contributed by atoms with E-state index in [0.29, 0.717) is 17.6 Å². The Morgan fingerprint density at radius 1 is 1.53 bits per heavy atom. The summed E-state index contributed by atoms with van der Waals surface area (Å²) in [5.41, 5.74) is 1.51. The third-order valence-electron chi connectivity index (χ3n) is 4.65. The molecule has 0 aromatic carbocycles. The van der Waals surface area contributed by atoms with E-state index in [1.807, 2.05) is 0 Å². The van der Waals surface area contributed by atoms with Crippen molar-refractivity contribution in [3.05, 3.63) is 11.6 Å². The minimum atomic E-state index is 0.0221. The molecule has 1 nitrogen and oxygen atoms in total. The second-order valence-electron chi connectivity index (χ2n) is 5.43. The molecule has 1 saturated carbocycles. The zero-order valence-corrected chi connectivity index (χ0v) is 10.2. The van der Waals surface area contributed by atoms with Gasteiger partial charge < -0.3 is 0 Å². The number of carbonyl (C=O) groups is 1. The molecular formula is C14H22O. The fourth-order valence-corrected chi connectivity index (χ4v) is 3.92. The molecule has 2 aliphatic rings. The monoisotopic (exact) mass is 206 g/mol. The second-order valence-corrected chi connectivity index (χ2v) is 5.43. The molecule has 0 saturated heterocycles. The minimum absolute atomic E-state index is 0.0221. The highest BCUT2D eigenvalue weighted by Crippen LogP contribution is 2.53. The number of allylic oxidation sites excluding steroid dienone is 2. The highest BCUT2D eigenvalue weighted by molar-refractivity contribution is 5.88. The minimum Gasteiger partial charge on any atom is -0.299 e. The van der Waals surface area contributed by atoms with E-state index in [1.165, 1.54) is 5.57 Å². The van der Waals surface area contributed by atoms with Crippen molar-refractivity contribution in [3.8, 4) is 0 Å². The summed E-state index contributed by atoms with van der Waals surface area (Å²) in [6.07, 6.45) is 7.72. The van der Waals surface area contributed by atoms with Gasteiger partial charge in [-0.05, 0) is 38.0 Å². The van der Waals surface area contributed by atoms with Gasteiger partial charge in [0.2, 0.25) is 0 Å². The van der Waals surface area contributed by atoms with Crippen LogP contribution >= 0.6 is 0 Å². The quantitative estimate of drug-likeness (QED) is 0.597. The van der Waals surface area contributed by atoms with E-state index in [0.717, 1.165) is 32.1 Å². The molecule has 0 bridgehead atoms. The van der Waals surface area contributed by atoms with Crippen molar-refractivity contribution in [2.24, 2.45) is 17.3 Å². The summed E-state index contributed by atoms with van der Waals surface area (Å²) >= 11 is 0. The number of rotatable bonds is 1. The first kappa shape index (κ1) is 10.9. The molecule has 3 atom stereocenters. The van der Waals surface area contributed by atoms with Crippen LogP contribution in [-0.4, -0.2) is 5.78 Å². The van der Waals surface area contributed by atoms with Gasteiger partial charge in [-0.25, -0.2) is 0 Å². The van der Waals surface area contributed by atoms with Crippen LogP contribution in [0.15, 0.2) is 11.6 Å². The van der Waals surface area contributed by atoms with Gasteiger partial charge in [0.25, 0.3) is 0 Å². The second kappa shape index (κ2) is 3.77. The lowest BCUT2D eigenvalue weighted by Crippen LogP contribution is -2.42. The standard InChI is InChI=1S/C14H22O/c1-4-12-9-10(2)8-11(3)14(12)7-5-6-13(14)15/h8,11-12H,4-7,9H2,1-3H3/t11-,12-,14-/m0/s1. The Kier molecular flexibility index (Phi) is 2.74. The fraction of sp³-hybridized carbons (Fsp3) is 0.786. The van der Waals surface area contributed by atoms with Crippen LogP contribution in [0.2, 0.25) is 0 Å². The van der Waals surface area contributed by atoms with Gasteiger partial charge in [-0.2, -0.15) is 0 Å². The van der Waals surface area contributed by atoms with Crippen LogP contribution in [0.3, 0.4) is 0 Å². The Morgan fingerprint density at radius 3 is 2.80 bits per heavy atom. The van der Waals surface area contributed by atoms with Gasteiger partial charge >= 0.3 is 0 Å². The predicted molar refractivity (Wildman–Crippen MR) is 62.6 cm³/mol. The van der Waals surface area contributed by atoms with E-state index in [4.69, 9.17) is 0 Å². The molecule has 0 amide bonds. The average Bonchev–Trinajstić information content (AvgIpc) is 2.56. The Balaban J connectivity index is 2.39. The molecule has 0 aromatic heterocycles. The van der Waals surface area contributed by atoms with Crippen molar-refractivity contribution in [2.45, 2.75) is 52.9 Å². The van der Waals surface area contributed by atoms with E-state index in [2.05, 4.69) is 26.8 Å². The number of Topliss-reactive ketones (excluding diaryl/α,β-unsaturated/α-hetero) is 1. The summed E-state index contributed by atoms with van der Waals surface area (Å²) in [6.45, 7) is 6.70. The lowest BCUT2D eigenvalue weighted by Gasteiger charge is -2.43. The number of carbonyl (C=O) groups excluding carboxylic acids is 1. The van der Waals surface area contributed by atoms with Crippen molar-refractivity contribution < 1.29 is 4.79 Å². The number of hydrogen-bond acceptors (Lipinski definition) is 1. The molecular weight excluding hydrogens is 184 g/mol. The van der Waals surface area contributed by atoms with E-state index < -0.39 is 0 Å². The maximum atomic E-state index is 12.2. The maximum Gasteiger partial charge on any atom is 0.139 e. The molecule has 0 radical (unpaired) electrons. The highest BCUT2D eigenvalue weighted by Gasteiger charge is 2.51. The summed E-state index contributed by atoms with van der Waals surface area (Å²) in [6, 6.07) is 0. The van der Waals surface area contributed by atoms with E-state index in [9.17, 15) is 4.79 Å². The zero-order valence-electron chi connectivity index (χ0n) is 10.2. The topological polar surface area (TPSA) is 17.1 Å². The van der Waals surface area contributed by atoms with Crippen molar-refractivity contribution in [1.29, 1.82) is 0 Å². The summed E-state index contributed by atoms with van der Waals surface area (Å²) in [5, 5.41) is 0. The molecule has 0 unspecified atom stereocenters. The maximum absolute atomic E-state index is 12.2. The van der Waals surface area contributed by atoms with Gasteiger partial charge in [0.05, 0.1) is 0 Å². The molecule has 1 spiro atoms. The van der Waals surface area contributed by atoms with Crippen LogP contribution in [0.5, 0.6) is 0 Å². The van der Waals surface area contributed by atoms with Crippen LogP contribution in [0.4, 0.5) is 0 Å². The van der Waals surface area contributed by atoms with Gasteiger partial charge in [0, 0.05) is 11.8 Å². The molecule has 2 aliphatic carbocycles. The Morgan fingerprint density at radius 2 is 2.27 bits per heavy atom. The number of hydrogen-bond donors (Lipinski definition) is 0. The Labute approximate surface area is 92.9 Å². The number of ketones is 1.